The Hall–Kier alpha value is -4.14. The summed E-state index contributed by atoms with van der Waals surface area (Å²) in [5.74, 6) is 0.0576. The number of hydrogen-bond donors (Lipinski definition) is 3. The van der Waals surface area contributed by atoms with Crippen molar-refractivity contribution in [3.05, 3.63) is 54.4 Å². The maximum absolute atomic E-state index is 13.1. The molecule has 4 heterocycles. The Bertz CT molecular complexity index is 1600. The van der Waals surface area contributed by atoms with Gasteiger partial charge in [0.2, 0.25) is 5.95 Å². The van der Waals surface area contributed by atoms with Crippen LogP contribution in [0.1, 0.15) is 5.56 Å². The van der Waals surface area contributed by atoms with Gasteiger partial charge in [0.25, 0.3) is 10.0 Å². The number of aromatic nitrogens is 4. The number of hydrogen-bond acceptors (Lipinski definition) is 11. The number of nitrogens with two attached hydrogens (primary N) is 1. The predicted molar refractivity (Wildman–Crippen MR) is 140 cm³/mol. The molecule has 5 rings (SSSR count). The number of ether oxygens (including phenoxy) is 1. The summed E-state index contributed by atoms with van der Waals surface area (Å²) < 4.78 is 35.1. The molecule has 3 aromatic heterocycles. The van der Waals surface area contributed by atoms with Crippen molar-refractivity contribution in [2.24, 2.45) is 0 Å². The van der Waals surface area contributed by atoms with Crippen LogP contribution in [-0.2, 0) is 19.6 Å². The number of nitrogens with one attached hydrogen (secondary N) is 1. The minimum Gasteiger partial charge on any atom is -0.478 e. The second kappa shape index (κ2) is 10.1. The van der Waals surface area contributed by atoms with E-state index in [9.17, 15) is 13.2 Å². The van der Waals surface area contributed by atoms with Crippen LogP contribution in [0.2, 0.25) is 0 Å². The fourth-order valence-corrected chi connectivity index (χ4v) is 6.03. The molecule has 1 aliphatic rings. The van der Waals surface area contributed by atoms with Crippen LogP contribution in [0.3, 0.4) is 0 Å². The monoisotopic (exact) mass is 539 g/mol. The molecule has 0 unspecified atom stereocenters. The minimum absolute atomic E-state index is 0.00306. The molecule has 0 saturated carbocycles. The molecule has 1 aliphatic heterocycles. The fraction of sp³-hybridized carbons (Fsp3) is 0.174. The number of nitrogens with zero attached hydrogens (tertiary/aromatic N) is 5. The van der Waals surface area contributed by atoms with E-state index in [-0.39, 0.29) is 10.8 Å². The minimum atomic E-state index is -3.96. The van der Waals surface area contributed by atoms with E-state index in [4.69, 9.17) is 20.6 Å². The number of benzene rings is 1. The third kappa shape index (κ3) is 5.50. The van der Waals surface area contributed by atoms with Gasteiger partial charge in [-0.1, -0.05) is 12.1 Å². The molecule has 4 N–H and O–H groups in total. The molecule has 0 spiro atoms. The highest BCUT2D eigenvalue weighted by atomic mass is 32.2. The first-order valence-electron chi connectivity index (χ1n) is 11.0. The van der Waals surface area contributed by atoms with E-state index in [0.717, 1.165) is 10.8 Å². The summed E-state index contributed by atoms with van der Waals surface area (Å²) in [7, 11) is -3.96. The van der Waals surface area contributed by atoms with Gasteiger partial charge in [0.15, 0.2) is 11.6 Å². The molecule has 0 amide bonds. The summed E-state index contributed by atoms with van der Waals surface area (Å²) >= 11 is 1.22. The average Bonchev–Trinajstić information content (AvgIpc) is 3.29. The van der Waals surface area contributed by atoms with Crippen LogP contribution in [0, 0.1) is 0 Å². The number of carboxylic acid groups (broad SMARTS) is 1. The van der Waals surface area contributed by atoms with Gasteiger partial charge < -0.3 is 20.5 Å². The Morgan fingerprint density at radius 2 is 1.92 bits per heavy atom. The normalized spacial score (nSPS) is 14.3. The molecule has 14 heteroatoms. The lowest BCUT2D eigenvalue weighted by Crippen LogP contribution is -2.36. The number of aliphatic carboxylic acids is 1. The van der Waals surface area contributed by atoms with Crippen LogP contribution >= 0.6 is 11.3 Å². The molecule has 0 aliphatic carbocycles. The largest absolute Gasteiger partial charge is 0.478 e. The number of carboxylic acids is 1. The molecule has 190 valence electrons. The molecule has 12 nitrogen and oxygen atoms in total. The van der Waals surface area contributed by atoms with Gasteiger partial charge in [-0.3, -0.25) is 4.72 Å². The molecule has 1 aromatic carbocycles. The number of morpholine rings is 1. The topological polar surface area (TPSA) is 174 Å². The van der Waals surface area contributed by atoms with Crippen LogP contribution < -0.4 is 15.4 Å². The zero-order chi connectivity index (χ0) is 26.0. The van der Waals surface area contributed by atoms with E-state index in [1.807, 2.05) is 0 Å². The van der Waals surface area contributed by atoms with E-state index in [2.05, 4.69) is 24.6 Å². The number of fused-ring (bicyclic) bond motifs is 1. The third-order valence-corrected chi connectivity index (χ3v) is 7.94. The quantitative estimate of drug-likeness (QED) is 0.294. The van der Waals surface area contributed by atoms with Crippen molar-refractivity contribution in [2.45, 2.75) is 4.90 Å². The maximum Gasteiger partial charge on any atom is 0.328 e. The van der Waals surface area contributed by atoms with Crippen LogP contribution in [0.15, 0.2) is 53.7 Å². The van der Waals surface area contributed by atoms with Gasteiger partial charge in [0.1, 0.15) is 5.00 Å². The molecule has 0 atom stereocenters. The Labute approximate surface area is 215 Å². The summed E-state index contributed by atoms with van der Waals surface area (Å²) in [5, 5.41) is 9.20. The van der Waals surface area contributed by atoms with Crippen molar-refractivity contribution in [1.82, 2.24) is 19.9 Å². The average molecular weight is 540 g/mol. The first-order valence-corrected chi connectivity index (χ1v) is 13.3. The van der Waals surface area contributed by atoms with Gasteiger partial charge in [-0.25, -0.2) is 33.1 Å². The maximum atomic E-state index is 13.1. The first-order chi connectivity index (χ1) is 17.8. The number of sulfonamides is 1. The van der Waals surface area contributed by atoms with E-state index in [1.54, 1.807) is 18.2 Å². The zero-order valence-electron chi connectivity index (χ0n) is 19.2. The van der Waals surface area contributed by atoms with Gasteiger partial charge in [-0.05, 0) is 29.8 Å². The van der Waals surface area contributed by atoms with E-state index < -0.39 is 16.0 Å². The molecular formula is C23H21N7O5S2. The molecule has 1 fully saturated rings. The van der Waals surface area contributed by atoms with Gasteiger partial charge in [0.05, 0.1) is 33.9 Å². The summed E-state index contributed by atoms with van der Waals surface area (Å²) in [6.07, 6.45) is 5.34. The lowest BCUT2D eigenvalue weighted by molar-refractivity contribution is -0.131. The number of rotatable bonds is 7. The summed E-state index contributed by atoms with van der Waals surface area (Å²) in [4.78, 5) is 30.3. The van der Waals surface area contributed by atoms with Crippen LogP contribution in [0.25, 0.3) is 27.7 Å². The van der Waals surface area contributed by atoms with Gasteiger partial charge in [0, 0.05) is 31.6 Å². The smallest absolute Gasteiger partial charge is 0.328 e. The van der Waals surface area contributed by atoms with Crippen LogP contribution in [-0.4, -0.2) is 65.7 Å². The van der Waals surface area contributed by atoms with Crippen molar-refractivity contribution in [3.63, 3.8) is 0 Å². The highest BCUT2D eigenvalue weighted by molar-refractivity contribution is 7.93. The number of anilines is 3. The Morgan fingerprint density at radius 3 is 2.65 bits per heavy atom. The predicted octanol–water partition coefficient (Wildman–Crippen LogP) is 2.47. The van der Waals surface area contributed by atoms with E-state index in [0.29, 0.717) is 59.6 Å². The Kier molecular flexibility index (Phi) is 6.69. The number of nitrogen functional groups attached to an aromatic ring is 1. The second-order valence-corrected chi connectivity index (χ2v) is 10.7. The summed E-state index contributed by atoms with van der Waals surface area (Å²) in [6, 6.07) is 7.65. The highest BCUT2D eigenvalue weighted by Gasteiger charge is 2.22. The first kappa shape index (κ1) is 24.5. The lowest BCUT2D eigenvalue weighted by atomic mass is 10.2. The van der Waals surface area contributed by atoms with Crippen molar-refractivity contribution >= 4 is 60.4 Å². The molecule has 37 heavy (non-hydrogen) atoms. The lowest BCUT2D eigenvalue weighted by Gasteiger charge is -2.28. The van der Waals surface area contributed by atoms with E-state index in [1.165, 1.54) is 41.9 Å². The zero-order valence-corrected chi connectivity index (χ0v) is 20.9. The standard InChI is InChI=1S/C23H21N7O5S2/c24-23-25-12-15(13-26-23)21-27-17-11-18(36-20(17)22(28-21)30-6-8-35-9-7-30)29-37(33,34)16-3-1-2-14(10-16)4-5-19(31)32/h1-5,10-13,29H,6-9H2,(H,31,32)(H2,24,25,26)/b5-4+. The molecule has 0 radical (unpaired) electrons. The molecular weight excluding hydrogens is 518 g/mol. The molecule has 4 aromatic rings. The number of carbonyl (C=O) groups is 1. The van der Waals surface area contributed by atoms with Crippen molar-refractivity contribution in [1.29, 1.82) is 0 Å². The summed E-state index contributed by atoms with van der Waals surface area (Å²) in [6.45, 7) is 2.34. The van der Waals surface area contributed by atoms with Crippen LogP contribution in [0.5, 0.6) is 0 Å². The van der Waals surface area contributed by atoms with Gasteiger partial charge in [-0.2, -0.15) is 0 Å². The molecule has 1 saturated heterocycles. The van der Waals surface area contributed by atoms with Crippen molar-refractivity contribution in [3.8, 4) is 11.4 Å². The molecule has 0 bridgehead atoms. The van der Waals surface area contributed by atoms with Gasteiger partial charge in [-0.15, -0.1) is 11.3 Å². The van der Waals surface area contributed by atoms with Gasteiger partial charge >= 0.3 is 5.97 Å². The Balaban J connectivity index is 1.53. The van der Waals surface area contributed by atoms with Crippen LogP contribution in [0.4, 0.5) is 16.8 Å². The number of thiophene rings is 1. The summed E-state index contributed by atoms with van der Waals surface area (Å²) in [5.41, 5.74) is 7.19. The fourth-order valence-electron chi connectivity index (χ4n) is 3.68. The second-order valence-electron chi connectivity index (χ2n) is 7.97. The van der Waals surface area contributed by atoms with E-state index >= 15 is 0 Å². The SMILES string of the molecule is Nc1ncc(-c2nc(N3CCOCC3)c3sc(NS(=O)(=O)c4cccc(/C=C/C(=O)O)c4)cc3n2)cn1. The third-order valence-electron chi connectivity index (χ3n) is 5.42. The highest BCUT2D eigenvalue weighted by Crippen LogP contribution is 2.37. The van der Waals surface area contributed by atoms with Crippen molar-refractivity contribution in [2.75, 3.05) is 41.7 Å². The van der Waals surface area contributed by atoms with Crippen molar-refractivity contribution < 1.29 is 23.1 Å². The Morgan fingerprint density at radius 1 is 1.16 bits per heavy atom.